The quantitative estimate of drug-likeness (QED) is 0.730. The first kappa shape index (κ1) is 15.4. The molecule has 1 heterocycles. The maximum atomic E-state index is 11.7. The average Bonchev–Trinajstić information content (AvgIpc) is 2.85. The number of urea groups is 1. The van der Waals surface area contributed by atoms with E-state index in [1.54, 1.807) is 19.1 Å². The van der Waals surface area contributed by atoms with Crippen molar-refractivity contribution in [1.29, 1.82) is 0 Å². The summed E-state index contributed by atoms with van der Waals surface area (Å²) in [6.07, 6.45) is 0.765. The molecule has 106 valence electrons. The van der Waals surface area contributed by atoms with E-state index in [2.05, 4.69) is 10.3 Å². The smallest absolute Gasteiger partial charge is 0.355 e. The summed E-state index contributed by atoms with van der Waals surface area (Å²) in [5, 5.41) is 13.4. The molecule has 0 saturated heterocycles. The molecule has 1 aromatic heterocycles. The minimum absolute atomic E-state index is 0.00250. The summed E-state index contributed by atoms with van der Waals surface area (Å²) < 4.78 is 4.90. The topological polar surface area (TPSA) is 91.8 Å². The molecule has 0 unspecified atom stereocenters. The molecule has 7 nitrogen and oxygen atoms in total. The van der Waals surface area contributed by atoms with Crippen LogP contribution < -0.4 is 5.32 Å². The summed E-state index contributed by atoms with van der Waals surface area (Å²) in [5.41, 5.74) is 0.00250. The zero-order chi connectivity index (χ0) is 14.3. The van der Waals surface area contributed by atoms with Crippen molar-refractivity contribution < 1.29 is 19.4 Å². The Morgan fingerprint density at radius 1 is 1.58 bits per heavy atom. The molecule has 0 bridgehead atoms. The van der Waals surface area contributed by atoms with Crippen molar-refractivity contribution in [1.82, 2.24) is 15.2 Å². The number of carbonyl (C=O) groups excluding carboxylic acids is 1. The Hall–Kier alpha value is -1.67. The van der Waals surface area contributed by atoms with Gasteiger partial charge in [-0.05, 0) is 6.42 Å². The number of methoxy groups -OCH3 is 1. The Bertz CT molecular complexity index is 435. The third kappa shape index (κ3) is 5.23. The molecule has 0 spiro atoms. The number of ether oxygens (including phenoxy) is 1. The molecule has 1 rings (SSSR count). The van der Waals surface area contributed by atoms with Crippen molar-refractivity contribution in [2.75, 3.05) is 27.3 Å². The minimum atomic E-state index is -1.06. The maximum Gasteiger partial charge on any atom is 0.355 e. The number of hydrogen-bond acceptors (Lipinski definition) is 5. The van der Waals surface area contributed by atoms with E-state index in [0.717, 1.165) is 6.42 Å². The average molecular weight is 287 g/mol. The van der Waals surface area contributed by atoms with Crippen LogP contribution in [0.2, 0.25) is 0 Å². The van der Waals surface area contributed by atoms with Gasteiger partial charge in [-0.3, -0.25) is 0 Å². The number of aromatic nitrogens is 1. The van der Waals surface area contributed by atoms with Gasteiger partial charge in [0, 0.05) is 32.7 Å². The van der Waals surface area contributed by atoms with Gasteiger partial charge in [-0.1, -0.05) is 0 Å². The summed E-state index contributed by atoms with van der Waals surface area (Å²) in [7, 11) is 3.30. The van der Waals surface area contributed by atoms with Crippen LogP contribution in [0.15, 0.2) is 5.38 Å². The van der Waals surface area contributed by atoms with Crippen LogP contribution in [0, 0.1) is 0 Å². The van der Waals surface area contributed by atoms with Crippen LogP contribution in [-0.2, 0) is 11.3 Å². The highest BCUT2D eigenvalue weighted by Gasteiger charge is 2.11. The molecule has 0 fully saturated rings. The number of carboxylic acids is 1. The zero-order valence-corrected chi connectivity index (χ0v) is 11.7. The van der Waals surface area contributed by atoms with E-state index in [0.29, 0.717) is 18.2 Å². The van der Waals surface area contributed by atoms with E-state index in [9.17, 15) is 9.59 Å². The van der Waals surface area contributed by atoms with Gasteiger partial charge < -0.3 is 20.1 Å². The number of rotatable bonds is 7. The number of thiazole rings is 1. The van der Waals surface area contributed by atoms with Crippen LogP contribution >= 0.6 is 11.3 Å². The van der Waals surface area contributed by atoms with Gasteiger partial charge >= 0.3 is 12.0 Å². The van der Waals surface area contributed by atoms with E-state index in [1.807, 2.05) is 0 Å². The van der Waals surface area contributed by atoms with Gasteiger partial charge in [0.25, 0.3) is 0 Å². The Labute approximate surface area is 115 Å². The Kier molecular flexibility index (Phi) is 6.23. The molecule has 0 atom stereocenters. The number of hydrogen-bond donors (Lipinski definition) is 2. The van der Waals surface area contributed by atoms with Crippen molar-refractivity contribution in [2.45, 2.75) is 13.0 Å². The third-order valence-corrected chi connectivity index (χ3v) is 3.20. The van der Waals surface area contributed by atoms with Crippen LogP contribution in [0.3, 0.4) is 0 Å². The van der Waals surface area contributed by atoms with Crippen molar-refractivity contribution in [3.05, 3.63) is 16.1 Å². The van der Waals surface area contributed by atoms with E-state index < -0.39 is 5.97 Å². The molecule has 8 heteroatoms. The molecule has 0 aliphatic heterocycles. The summed E-state index contributed by atoms with van der Waals surface area (Å²) in [5.74, 6) is -1.06. The Balaban J connectivity index is 2.34. The number of carboxylic acid groups (broad SMARTS) is 1. The van der Waals surface area contributed by atoms with Crippen LogP contribution in [-0.4, -0.2) is 54.3 Å². The number of nitrogens with zero attached hydrogens (tertiary/aromatic N) is 2. The molecule has 0 aliphatic carbocycles. The van der Waals surface area contributed by atoms with Gasteiger partial charge in [-0.25, -0.2) is 14.6 Å². The molecule has 0 saturated carbocycles. The lowest BCUT2D eigenvalue weighted by Crippen LogP contribution is -2.37. The largest absolute Gasteiger partial charge is 0.476 e. The van der Waals surface area contributed by atoms with Gasteiger partial charge in [0.2, 0.25) is 0 Å². The first-order valence-corrected chi connectivity index (χ1v) is 6.58. The van der Waals surface area contributed by atoms with E-state index in [-0.39, 0.29) is 18.3 Å². The van der Waals surface area contributed by atoms with Gasteiger partial charge in [0.1, 0.15) is 5.01 Å². The molecule has 0 radical (unpaired) electrons. The normalized spacial score (nSPS) is 10.2. The predicted molar refractivity (Wildman–Crippen MR) is 70.4 cm³/mol. The molecular weight excluding hydrogens is 270 g/mol. The molecule has 19 heavy (non-hydrogen) atoms. The zero-order valence-electron chi connectivity index (χ0n) is 10.9. The van der Waals surface area contributed by atoms with Gasteiger partial charge in [0.05, 0.1) is 6.54 Å². The molecular formula is C11H17N3O4S. The fraction of sp³-hybridized carbons (Fsp3) is 0.545. The summed E-state index contributed by atoms with van der Waals surface area (Å²) >= 11 is 1.21. The van der Waals surface area contributed by atoms with E-state index in [1.165, 1.54) is 16.7 Å². The van der Waals surface area contributed by atoms with Crippen LogP contribution in [0.4, 0.5) is 4.79 Å². The Morgan fingerprint density at radius 2 is 2.32 bits per heavy atom. The van der Waals surface area contributed by atoms with Gasteiger partial charge in [-0.15, -0.1) is 11.3 Å². The maximum absolute atomic E-state index is 11.7. The second kappa shape index (κ2) is 7.70. The van der Waals surface area contributed by atoms with Crippen LogP contribution in [0.5, 0.6) is 0 Å². The molecule has 1 aromatic rings. The van der Waals surface area contributed by atoms with Crippen LogP contribution in [0.1, 0.15) is 21.9 Å². The van der Waals surface area contributed by atoms with Crippen LogP contribution in [0.25, 0.3) is 0 Å². The highest BCUT2D eigenvalue weighted by Crippen LogP contribution is 2.09. The predicted octanol–water partition coefficient (Wildman–Crippen LogP) is 1.02. The monoisotopic (exact) mass is 287 g/mol. The SMILES string of the molecule is COCCCN(C)C(=O)NCc1nc(C(=O)O)cs1. The lowest BCUT2D eigenvalue weighted by atomic mass is 10.4. The van der Waals surface area contributed by atoms with Crippen molar-refractivity contribution in [3.63, 3.8) is 0 Å². The highest BCUT2D eigenvalue weighted by atomic mass is 32.1. The lowest BCUT2D eigenvalue weighted by Gasteiger charge is -2.17. The summed E-state index contributed by atoms with van der Waals surface area (Å²) in [4.78, 5) is 27.8. The van der Waals surface area contributed by atoms with Gasteiger partial charge in [-0.2, -0.15) is 0 Å². The van der Waals surface area contributed by atoms with E-state index in [4.69, 9.17) is 9.84 Å². The fourth-order valence-electron chi connectivity index (χ4n) is 1.32. The molecule has 0 aliphatic rings. The van der Waals surface area contributed by atoms with E-state index >= 15 is 0 Å². The number of aromatic carboxylic acids is 1. The van der Waals surface area contributed by atoms with Crippen molar-refractivity contribution in [3.8, 4) is 0 Å². The third-order valence-electron chi connectivity index (χ3n) is 2.35. The number of nitrogens with one attached hydrogen (secondary N) is 1. The minimum Gasteiger partial charge on any atom is -0.476 e. The first-order chi connectivity index (χ1) is 9.04. The molecule has 0 aromatic carbocycles. The fourth-order valence-corrected chi connectivity index (χ4v) is 2.03. The number of carbonyl (C=O) groups is 2. The van der Waals surface area contributed by atoms with Crippen molar-refractivity contribution >= 4 is 23.3 Å². The first-order valence-electron chi connectivity index (χ1n) is 5.70. The number of amides is 2. The standard InChI is InChI=1S/C11H17N3O4S/c1-14(4-3-5-18-2)11(17)12-6-9-13-8(7-19-9)10(15)16/h7H,3-6H2,1-2H3,(H,12,17)(H,15,16). The summed E-state index contributed by atoms with van der Waals surface area (Å²) in [6.45, 7) is 1.43. The summed E-state index contributed by atoms with van der Waals surface area (Å²) in [6, 6.07) is -0.219. The second-order valence-corrected chi connectivity index (χ2v) is 4.80. The molecule has 2 amide bonds. The Morgan fingerprint density at radius 3 is 2.89 bits per heavy atom. The second-order valence-electron chi connectivity index (χ2n) is 3.86. The van der Waals surface area contributed by atoms with Gasteiger partial charge in [0.15, 0.2) is 5.69 Å². The lowest BCUT2D eigenvalue weighted by molar-refractivity contribution is 0.0691. The highest BCUT2D eigenvalue weighted by molar-refractivity contribution is 7.09. The molecule has 2 N–H and O–H groups in total. The van der Waals surface area contributed by atoms with Crippen molar-refractivity contribution in [2.24, 2.45) is 0 Å².